The second kappa shape index (κ2) is 5.89. The molecule has 0 radical (unpaired) electrons. The Kier molecular flexibility index (Phi) is 3.78. The van der Waals surface area contributed by atoms with Gasteiger partial charge in [0.1, 0.15) is 5.75 Å². The summed E-state index contributed by atoms with van der Waals surface area (Å²) in [4.78, 5) is 11.0. The first kappa shape index (κ1) is 14.1. The Hall–Kier alpha value is -2.82. The molecule has 112 valence electrons. The predicted molar refractivity (Wildman–Crippen MR) is 83.8 cm³/mol. The molecule has 0 spiro atoms. The van der Waals surface area contributed by atoms with Gasteiger partial charge in [-0.3, -0.25) is 4.79 Å². The first-order chi connectivity index (χ1) is 10.7. The quantitative estimate of drug-likeness (QED) is 0.946. The number of methoxy groups -OCH3 is 1. The lowest BCUT2D eigenvalue weighted by molar-refractivity contribution is -0.124. The van der Waals surface area contributed by atoms with Crippen LogP contribution in [0.2, 0.25) is 0 Å². The molecule has 3 rings (SSSR count). The molecule has 0 saturated carbocycles. The molecule has 1 amide bonds. The van der Waals surface area contributed by atoms with Gasteiger partial charge in [-0.2, -0.15) is 0 Å². The van der Waals surface area contributed by atoms with Crippen LogP contribution in [0.15, 0.2) is 47.6 Å². The third-order valence-electron chi connectivity index (χ3n) is 3.48. The van der Waals surface area contributed by atoms with Crippen molar-refractivity contribution in [2.75, 3.05) is 13.7 Å². The molecule has 1 N–H and O–H groups in total. The third-order valence-corrected chi connectivity index (χ3v) is 3.48. The van der Waals surface area contributed by atoms with Gasteiger partial charge in [0.05, 0.1) is 7.11 Å². The van der Waals surface area contributed by atoms with E-state index in [0.717, 1.165) is 28.0 Å². The molecule has 1 aliphatic heterocycles. The van der Waals surface area contributed by atoms with Crippen LogP contribution in [-0.4, -0.2) is 25.5 Å². The Labute approximate surface area is 128 Å². The van der Waals surface area contributed by atoms with Gasteiger partial charge in [0.25, 0.3) is 5.91 Å². The molecular weight excluding hydrogens is 280 g/mol. The van der Waals surface area contributed by atoms with Crippen LogP contribution in [0, 0.1) is 6.92 Å². The monoisotopic (exact) mass is 296 g/mol. The van der Waals surface area contributed by atoms with E-state index in [4.69, 9.17) is 9.47 Å². The SMILES string of the molecule is COc1ccc(-c2ccc(C3=NNC(=O)CO3)cc2)cc1C. The minimum absolute atomic E-state index is 0.00173. The molecular formula is C17H16N2O3. The lowest BCUT2D eigenvalue weighted by Crippen LogP contribution is -2.32. The smallest absolute Gasteiger partial charge is 0.278 e. The summed E-state index contributed by atoms with van der Waals surface area (Å²) >= 11 is 0. The number of nitrogens with one attached hydrogen (secondary N) is 1. The van der Waals surface area contributed by atoms with Gasteiger partial charge in [0, 0.05) is 5.56 Å². The van der Waals surface area contributed by atoms with Gasteiger partial charge in [0.2, 0.25) is 5.90 Å². The molecule has 0 atom stereocenters. The van der Waals surface area contributed by atoms with E-state index in [9.17, 15) is 4.79 Å². The Morgan fingerprint density at radius 3 is 2.36 bits per heavy atom. The number of hydrazone groups is 1. The number of amides is 1. The summed E-state index contributed by atoms with van der Waals surface area (Å²) in [7, 11) is 1.67. The highest BCUT2D eigenvalue weighted by Crippen LogP contribution is 2.26. The number of carbonyl (C=O) groups is 1. The fraction of sp³-hybridized carbons (Fsp3) is 0.176. The van der Waals surface area contributed by atoms with E-state index in [0.29, 0.717) is 5.90 Å². The van der Waals surface area contributed by atoms with Crippen LogP contribution in [0.4, 0.5) is 0 Å². The average molecular weight is 296 g/mol. The predicted octanol–water partition coefficient (Wildman–Crippen LogP) is 2.48. The molecule has 0 fully saturated rings. The van der Waals surface area contributed by atoms with Crippen LogP contribution >= 0.6 is 0 Å². The largest absolute Gasteiger partial charge is 0.496 e. The van der Waals surface area contributed by atoms with E-state index in [1.807, 2.05) is 43.3 Å². The molecule has 22 heavy (non-hydrogen) atoms. The molecule has 0 bridgehead atoms. The summed E-state index contributed by atoms with van der Waals surface area (Å²) in [6.07, 6.45) is 0. The zero-order valence-electron chi connectivity index (χ0n) is 12.4. The second-order valence-corrected chi connectivity index (χ2v) is 5.00. The molecule has 1 heterocycles. The number of rotatable bonds is 3. The van der Waals surface area contributed by atoms with Crippen molar-refractivity contribution in [2.45, 2.75) is 6.92 Å². The number of hydrogen-bond acceptors (Lipinski definition) is 4. The summed E-state index contributed by atoms with van der Waals surface area (Å²) in [5.41, 5.74) is 6.53. The van der Waals surface area contributed by atoms with Crippen LogP contribution < -0.4 is 10.2 Å². The maximum Gasteiger partial charge on any atom is 0.278 e. The highest BCUT2D eigenvalue weighted by Gasteiger charge is 2.14. The van der Waals surface area contributed by atoms with Crippen molar-refractivity contribution in [2.24, 2.45) is 5.10 Å². The Morgan fingerprint density at radius 1 is 1.09 bits per heavy atom. The minimum Gasteiger partial charge on any atom is -0.496 e. The first-order valence-corrected chi connectivity index (χ1v) is 6.92. The molecule has 0 aromatic heterocycles. The summed E-state index contributed by atoms with van der Waals surface area (Å²) in [6, 6.07) is 13.9. The molecule has 0 saturated heterocycles. The van der Waals surface area contributed by atoms with Gasteiger partial charge >= 0.3 is 0 Å². The highest BCUT2D eigenvalue weighted by atomic mass is 16.5. The van der Waals surface area contributed by atoms with Crippen molar-refractivity contribution in [1.82, 2.24) is 5.43 Å². The van der Waals surface area contributed by atoms with Crippen molar-refractivity contribution >= 4 is 11.8 Å². The van der Waals surface area contributed by atoms with E-state index in [2.05, 4.69) is 16.6 Å². The molecule has 5 heteroatoms. The van der Waals surface area contributed by atoms with E-state index in [1.54, 1.807) is 7.11 Å². The topological polar surface area (TPSA) is 59.9 Å². The molecule has 1 aliphatic rings. The summed E-state index contributed by atoms with van der Waals surface area (Å²) < 4.78 is 10.6. The summed E-state index contributed by atoms with van der Waals surface area (Å²) in [6.45, 7) is 2.02. The molecule has 5 nitrogen and oxygen atoms in total. The van der Waals surface area contributed by atoms with E-state index < -0.39 is 0 Å². The van der Waals surface area contributed by atoms with Gasteiger partial charge in [-0.25, -0.2) is 5.43 Å². The number of aryl methyl sites for hydroxylation is 1. The second-order valence-electron chi connectivity index (χ2n) is 5.00. The van der Waals surface area contributed by atoms with Gasteiger partial charge in [0.15, 0.2) is 6.61 Å². The van der Waals surface area contributed by atoms with E-state index >= 15 is 0 Å². The molecule has 0 aliphatic carbocycles. The number of carbonyl (C=O) groups excluding carboxylic acids is 1. The third kappa shape index (κ3) is 2.79. The van der Waals surface area contributed by atoms with E-state index in [-0.39, 0.29) is 12.5 Å². The summed E-state index contributed by atoms with van der Waals surface area (Å²) in [5.74, 6) is 1.06. The molecule has 2 aromatic rings. The van der Waals surface area contributed by atoms with E-state index in [1.165, 1.54) is 0 Å². The highest BCUT2D eigenvalue weighted by molar-refractivity contribution is 5.98. The molecule has 0 unspecified atom stereocenters. The lowest BCUT2D eigenvalue weighted by atomic mass is 10.0. The van der Waals surface area contributed by atoms with Crippen molar-refractivity contribution in [3.05, 3.63) is 53.6 Å². The Bertz CT molecular complexity index is 736. The maximum absolute atomic E-state index is 11.0. The standard InChI is InChI=1S/C17H16N2O3/c1-11-9-14(7-8-15(11)21-2)12-3-5-13(6-4-12)17-19-18-16(20)10-22-17/h3-9H,10H2,1-2H3,(H,18,20). The Balaban J connectivity index is 1.85. The van der Waals surface area contributed by atoms with Crippen molar-refractivity contribution < 1.29 is 14.3 Å². The van der Waals surface area contributed by atoms with Crippen LogP contribution in [0.1, 0.15) is 11.1 Å². The number of nitrogens with zero attached hydrogens (tertiary/aromatic N) is 1. The first-order valence-electron chi connectivity index (χ1n) is 6.92. The minimum atomic E-state index is -0.242. The van der Waals surface area contributed by atoms with Crippen molar-refractivity contribution in [3.8, 4) is 16.9 Å². The van der Waals surface area contributed by atoms with Crippen molar-refractivity contribution in [1.29, 1.82) is 0 Å². The fourth-order valence-corrected chi connectivity index (χ4v) is 2.32. The lowest BCUT2D eigenvalue weighted by Gasteiger charge is -2.14. The van der Waals surface area contributed by atoms with Gasteiger partial charge in [-0.1, -0.05) is 18.2 Å². The number of benzene rings is 2. The van der Waals surface area contributed by atoms with Gasteiger partial charge in [-0.15, -0.1) is 5.10 Å². The van der Waals surface area contributed by atoms with Crippen LogP contribution in [0.5, 0.6) is 5.75 Å². The fourth-order valence-electron chi connectivity index (χ4n) is 2.32. The maximum atomic E-state index is 11.0. The zero-order chi connectivity index (χ0) is 15.5. The Morgan fingerprint density at radius 2 is 1.77 bits per heavy atom. The van der Waals surface area contributed by atoms with Crippen LogP contribution in [0.25, 0.3) is 11.1 Å². The summed E-state index contributed by atoms with van der Waals surface area (Å²) in [5, 5.41) is 3.90. The van der Waals surface area contributed by atoms with Crippen LogP contribution in [-0.2, 0) is 9.53 Å². The zero-order valence-corrected chi connectivity index (χ0v) is 12.4. The average Bonchev–Trinajstić information content (AvgIpc) is 2.56. The van der Waals surface area contributed by atoms with Gasteiger partial charge < -0.3 is 9.47 Å². The number of ether oxygens (including phenoxy) is 2. The number of hydrogen-bond donors (Lipinski definition) is 1. The van der Waals surface area contributed by atoms with Crippen molar-refractivity contribution in [3.63, 3.8) is 0 Å². The molecule has 2 aromatic carbocycles. The van der Waals surface area contributed by atoms with Crippen LogP contribution in [0.3, 0.4) is 0 Å². The normalized spacial score (nSPS) is 13.9. The van der Waals surface area contributed by atoms with Gasteiger partial charge in [-0.05, 0) is 47.9 Å².